The van der Waals surface area contributed by atoms with Crippen LogP contribution in [0.2, 0.25) is 0 Å². The third kappa shape index (κ3) is 23.0. The molecule has 2 unspecified atom stereocenters. The van der Waals surface area contributed by atoms with E-state index in [1.165, 1.54) is 58.4 Å². The molecular formula is C86H88BrF4N37O9S2. The normalized spacial score (nSPS) is 16.4. The van der Waals surface area contributed by atoms with Crippen LogP contribution in [0.1, 0.15) is 85.2 Å². The highest BCUT2D eigenvalue weighted by atomic mass is 79.9. The lowest BCUT2D eigenvalue weighted by molar-refractivity contribution is -0.129. The summed E-state index contributed by atoms with van der Waals surface area (Å²) in [6.45, 7) is 14.4. The van der Waals surface area contributed by atoms with Gasteiger partial charge >= 0.3 is 5.97 Å². The SMILES string of the molecule is CC(=O)N1CCN(c2ccnc(-c3cnc4cnc(C#N)cn34)n2)CC1.CC(=O)N1CCN(c2ccnc(-c3cnc4cnc(C(=O)O)cn34)n2)CC1.CS(=O)(=O)NCC1CCN(c2ccnc(-c3cnc4cnc(Br)cn34)n2)C1.CS(=O)(=O)NC[C@H]1CCCN(c2ccnc(-c3cnc4cnc(C(F)F)cn34)n2)C1.FC(F)c1cn2c(-c3nccc(N4CCOC(c5cn[nH]c5)C4)n3)cnc2cn1. The Hall–Kier alpha value is -15.4. The van der Waals surface area contributed by atoms with Crippen LogP contribution in [0.15, 0.2) is 171 Å². The van der Waals surface area contributed by atoms with E-state index in [1.54, 1.807) is 109 Å². The molecule has 0 aliphatic carbocycles. The smallest absolute Gasteiger partial charge is 0.356 e. The van der Waals surface area contributed by atoms with Gasteiger partial charge in [0.1, 0.15) is 85.7 Å². The number of halogens is 5. The number of sulfonamides is 2. The number of hydrogen-bond acceptors (Lipinski definition) is 35. The van der Waals surface area contributed by atoms with Gasteiger partial charge in [-0.15, -0.1) is 0 Å². The molecule has 0 radical (unpaired) electrons. The molecule has 5 saturated heterocycles. The molecule has 718 valence electrons. The molecule has 4 N–H and O–H groups in total. The zero-order valence-corrected chi connectivity index (χ0v) is 78.0. The van der Waals surface area contributed by atoms with Crippen LogP contribution in [-0.2, 0) is 34.4 Å². The molecule has 0 aromatic carbocycles. The van der Waals surface area contributed by atoms with Crippen LogP contribution in [0.5, 0.6) is 0 Å². The number of piperidine rings is 1. The van der Waals surface area contributed by atoms with Gasteiger partial charge in [-0.3, -0.25) is 36.7 Å². The molecule has 3 atom stereocenters. The first-order chi connectivity index (χ1) is 67.1. The van der Waals surface area contributed by atoms with Gasteiger partial charge in [-0.25, -0.2) is 148 Å². The number of carbonyl (C=O) groups excluding carboxylic acids is 2. The number of nitriles is 1. The summed E-state index contributed by atoms with van der Waals surface area (Å²) in [5, 5.41) is 25.0. The van der Waals surface area contributed by atoms with Gasteiger partial charge in [0.25, 0.3) is 12.9 Å². The highest BCUT2D eigenvalue weighted by molar-refractivity contribution is 9.10. The number of fused-ring (bicyclic) bond motifs is 5. The second-order valence-corrected chi connectivity index (χ2v) is 37.0. The van der Waals surface area contributed by atoms with E-state index >= 15 is 0 Å². The van der Waals surface area contributed by atoms with E-state index in [0.29, 0.717) is 169 Å². The molecule has 16 aromatic heterocycles. The number of aromatic nitrogens is 27. The minimum Gasteiger partial charge on any atom is -0.476 e. The number of rotatable bonds is 20. The van der Waals surface area contributed by atoms with Gasteiger partial charge in [0.15, 0.2) is 68.7 Å². The summed E-state index contributed by atoms with van der Waals surface area (Å²) in [5.41, 5.74) is 6.31. The van der Waals surface area contributed by atoms with Crippen LogP contribution < -0.4 is 33.9 Å². The fourth-order valence-corrected chi connectivity index (χ4v) is 17.5. The Morgan fingerprint density at radius 2 is 0.842 bits per heavy atom. The van der Waals surface area contributed by atoms with Crippen molar-refractivity contribution in [2.45, 2.75) is 52.1 Å². The van der Waals surface area contributed by atoms with Gasteiger partial charge in [0.2, 0.25) is 31.9 Å². The summed E-state index contributed by atoms with van der Waals surface area (Å²) >= 11 is 3.37. The second kappa shape index (κ2) is 42.1. The molecule has 21 heterocycles. The molecule has 5 aliphatic rings. The Bertz CT molecular complexity index is 7430. The molecule has 0 saturated carbocycles. The van der Waals surface area contributed by atoms with Crippen molar-refractivity contribution in [3.05, 3.63) is 200 Å². The summed E-state index contributed by atoms with van der Waals surface area (Å²) in [6, 6.07) is 11.2. The number of hydrogen-bond donors (Lipinski definition) is 4. The van der Waals surface area contributed by atoms with Gasteiger partial charge in [0, 0.05) is 192 Å². The zero-order chi connectivity index (χ0) is 97.2. The van der Waals surface area contributed by atoms with Gasteiger partial charge in [-0.2, -0.15) is 10.4 Å². The van der Waals surface area contributed by atoms with Crippen LogP contribution in [0.3, 0.4) is 0 Å². The number of alkyl halides is 4. The number of aromatic amines is 1. The van der Waals surface area contributed by atoms with Crippen LogP contribution in [0, 0.1) is 23.2 Å². The zero-order valence-electron chi connectivity index (χ0n) is 74.7. The Labute approximate surface area is 797 Å². The fourth-order valence-electron chi connectivity index (χ4n) is 16.1. The Morgan fingerprint density at radius 3 is 1.24 bits per heavy atom. The maximum atomic E-state index is 13.0. The summed E-state index contributed by atoms with van der Waals surface area (Å²) in [6.07, 6.45) is 34.2. The summed E-state index contributed by atoms with van der Waals surface area (Å²) < 4.78 is 117. The number of piperazine rings is 2. The number of carboxylic acid groups (broad SMARTS) is 1. The molecule has 0 bridgehead atoms. The average molecular weight is 2000 g/mol. The largest absolute Gasteiger partial charge is 0.476 e. The lowest BCUT2D eigenvalue weighted by Gasteiger charge is -2.34. The Balaban J connectivity index is 0.000000120. The maximum Gasteiger partial charge on any atom is 0.356 e. The number of nitrogens with one attached hydrogen (secondary N) is 3. The minimum absolute atomic E-state index is 0.0756. The van der Waals surface area contributed by atoms with Crippen molar-refractivity contribution in [1.82, 2.24) is 151 Å². The van der Waals surface area contributed by atoms with Crippen LogP contribution in [0.4, 0.5) is 46.7 Å². The number of amides is 2. The lowest BCUT2D eigenvalue weighted by Crippen LogP contribution is -2.48. The van der Waals surface area contributed by atoms with Gasteiger partial charge in [-0.05, 0) is 77.4 Å². The summed E-state index contributed by atoms with van der Waals surface area (Å²) in [4.78, 5) is 134. The first-order valence-corrected chi connectivity index (χ1v) is 48.1. The van der Waals surface area contributed by atoms with Crippen molar-refractivity contribution in [1.29, 1.82) is 5.26 Å². The van der Waals surface area contributed by atoms with E-state index in [1.807, 2.05) is 56.9 Å². The highest BCUT2D eigenvalue weighted by Gasteiger charge is 2.31. The molecule has 139 heavy (non-hydrogen) atoms. The lowest BCUT2D eigenvalue weighted by atomic mass is 9.98. The first kappa shape index (κ1) is 95.3. The van der Waals surface area contributed by atoms with Crippen molar-refractivity contribution < 1.29 is 58.6 Å². The van der Waals surface area contributed by atoms with Crippen LogP contribution >= 0.6 is 15.9 Å². The van der Waals surface area contributed by atoms with Crippen LogP contribution in [-0.4, -0.2) is 305 Å². The number of ether oxygens (including phenoxy) is 1. The molecule has 16 aromatic rings. The molecule has 21 rings (SSSR count). The van der Waals surface area contributed by atoms with Crippen molar-refractivity contribution in [2.75, 3.05) is 148 Å². The quantitative estimate of drug-likeness (QED) is 0.0562. The predicted octanol–water partition coefficient (Wildman–Crippen LogP) is 6.92. The van der Waals surface area contributed by atoms with E-state index in [2.05, 4.69) is 155 Å². The van der Waals surface area contributed by atoms with Crippen LogP contribution in [0.25, 0.3) is 85.8 Å². The number of aromatic carboxylic acids is 1. The number of carboxylic acids is 1. The maximum absolute atomic E-state index is 13.0. The molecular weight excluding hydrogens is 1920 g/mol. The average Bonchev–Trinajstić information content (AvgIpc) is 1.69. The van der Waals surface area contributed by atoms with E-state index in [9.17, 15) is 48.8 Å². The highest BCUT2D eigenvalue weighted by Crippen LogP contribution is 2.33. The summed E-state index contributed by atoms with van der Waals surface area (Å²) in [7, 11) is -6.40. The topological polar surface area (TPSA) is 528 Å². The summed E-state index contributed by atoms with van der Waals surface area (Å²) in [5.74, 6) is 5.60. The van der Waals surface area contributed by atoms with Crippen molar-refractivity contribution in [3.8, 4) is 63.7 Å². The number of imidazole rings is 5. The molecule has 0 spiro atoms. The van der Waals surface area contributed by atoms with Crippen molar-refractivity contribution >= 4 is 111 Å². The minimum atomic E-state index is -3.23. The standard InChI is InChI=1S/C18H16F2N8O.C18H21F2N7O2S.C17H16N8O.C17H17N7O3.C16H18BrN7O2S/c19-17(20)12-9-28-13(7-23-16(28)8-22-12)18-21-2-1-15(26-18)27-3-4-29-14(10-27)11-5-24-25-6-11;1-30(28,29)24-7-12-3-2-6-26(10-12)15-4-5-21-18(25-15)14-8-23-16-9-22-13(17(19)20)11-27(14)16;1-12(26)23-4-6-24(7-5-23)15-2-3-19-17(22-15)14-9-21-16-10-20-13(8-18)11-25(14)16;1-11(25)22-4-6-23(7-5-22)14-2-3-18-16(21-14)13-8-20-15-9-19-12(17(26)27)10-24(13)15;1-27(25,26)21-6-11-3-5-23(9-11)14-2-4-18-16(22-14)12-7-20-15-8-19-13(17)10-24(12)15/h1-2,5-9,14,17H,3-4,10H2,(H,24,25);4-5,8-9,11-12,17,24H,2-3,6-7,10H2,1H3;2-3,9-11H,4-7H2,1H3;2-3,8-10H,4-7H2,1H3,(H,26,27);2,4,7-8,10-11,21H,3,5-6,9H2,1H3/t;12-;;;/m.1.../s1. The van der Waals surface area contributed by atoms with E-state index in [4.69, 9.17) is 20.1 Å². The van der Waals surface area contributed by atoms with Crippen molar-refractivity contribution in [2.24, 2.45) is 11.8 Å². The second-order valence-electron chi connectivity index (χ2n) is 32.6. The third-order valence-corrected chi connectivity index (χ3v) is 25.0. The monoisotopic (exact) mass is 2000 g/mol. The van der Waals surface area contributed by atoms with Gasteiger partial charge < -0.3 is 44.1 Å². The molecule has 53 heteroatoms. The fraction of sp³-hybridized carbons (Fsp3) is 0.337. The number of carbonyl (C=O) groups is 3. The first-order valence-electron chi connectivity index (χ1n) is 43.5. The van der Waals surface area contributed by atoms with E-state index in [-0.39, 0.29) is 46.8 Å². The van der Waals surface area contributed by atoms with Crippen molar-refractivity contribution in [3.63, 3.8) is 0 Å². The number of anilines is 5. The number of H-pyrrole nitrogens is 1. The number of nitrogens with zero attached hydrogens (tertiary/aromatic N) is 34. The predicted molar refractivity (Wildman–Crippen MR) is 499 cm³/mol. The van der Waals surface area contributed by atoms with Gasteiger partial charge in [0.05, 0.1) is 87.3 Å². The molecule has 46 nitrogen and oxygen atoms in total. The van der Waals surface area contributed by atoms with Gasteiger partial charge in [-0.1, -0.05) is 0 Å². The third-order valence-electron chi connectivity index (χ3n) is 23.2. The number of morpholine rings is 1. The molecule has 2 amide bonds. The molecule has 5 aliphatic heterocycles. The Morgan fingerprint density at radius 1 is 0.460 bits per heavy atom. The molecule has 5 fully saturated rings. The van der Waals surface area contributed by atoms with E-state index in [0.717, 1.165) is 98.4 Å². The van der Waals surface area contributed by atoms with E-state index < -0.39 is 38.9 Å². The Kier molecular flexibility index (Phi) is 28.8.